The van der Waals surface area contributed by atoms with Gasteiger partial charge in [0.25, 0.3) is 0 Å². The molecule has 0 radical (unpaired) electrons. The lowest BCUT2D eigenvalue weighted by Crippen LogP contribution is -1.87. The van der Waals surface area contributed by atoms with Crippen LogP contribution in [0.2, 0.25) is 0 Å². The molecule has 13 heavy (non-hydrogen) atoms. The first-order chi connectivity index (χ1) is 6.24. The van der Waals surface area contributed by atoms with Crippen molar-refractivity contribution in [2.45, 2.75) is 6.61 Å². The Hall–Kier alpha value is -0.580. The molecule has 1 aromatic carbocycles. The number of anilines is 1. The van der Waals surface area contributed by atoms with Gasteiger partial charge in [-0.15, -0.1) is 11.3 Å². The van der Waals surface area contributed by atoms with Crippen LogP contribution in [-0.2, 0) is 6.61 Å². The van der Waals surface area contributed by atoms with Crippen LogP contribution in [0.5, 0.6) is 0 Å². The van der Waals surface area contributed by atoms with Crippen molar-refractivity contribution in [3.05, 3.63) is 28.2 Å². The zero-order valence-electron chi connectivity index (χ0n) is 6.75. The SMILES string of the molecule is Nc1sc2c(Br)cccc2c1CO. The normalized spacial score (nSPS) is 10.9. The summed E-state index contributed by atoms with van der Waals surface area (Å²) in [5.74, 6) is 0. The second-order valence-corrected chi connectivity index (χ2v) is 4.63. The van der Waals surface area contributed by atoms with E-state index in [9.17, 15) is 0 Å². The number of hydrogen-bond donors (Lipinski definition) is 2. The fourth-order valence-electron chi connectivity index (χ4n) is 1.32. The number of aliphatic hydroxyl groups is 1. The summed E-state index contributed by atoms with van der Waals surface area (Å²) in [4.78, 5) is 0. The van der Waals surface area contributed by atoms with E-state index in [4.69, 9.17) is 10.8 Å². The third kappa shape index (κ3) is 1.35. The highest BCUT2D eigenvalue weighted by molar-refractivity contribution is 9.10. The molecule has 0 aliphatic rings. The van der Waals surface area contributed by atoms with Gasteiger partial charge in [0.1, 0.15) is 0 Å². The first-order valence-corrected chi connectivity index (χ1v) is 5.41. The van der Waals surface area contributed by atoms with Crippen molar-refractivity contribution < 1.29 is 5.11 Å². The van der Waals surface area contributed by atoms with Crippen molar-refractivity contribution in [1.82, 2.24) is 0 Å². The Morgan fingerprint density at radius 3 is 2.92 bits per heavy atom. The third-order valence-electron chi connectivity index (χ3n) is 1.96. The zero-order valence-corrected chi connectivity index (χ0v) is 9.15. The van der Waals surface area contributed by atoms with Gasteiger partial charge in [-0.3, -0.25) is 0 Å². The topological polar surface area (TPSA) is 46.2 Å². The molecule has 0 aliphatic heterocycles. The average Bonchev–Trinajstić information content (AvgIpc) is 2.43. The second-order valence-electron chi connectivity index (χ2n) is 2.72. The minimum Gasteiger partial charge on any atom is -0.392 e. The van der Waals surface area contributed by atoms with Crippen molar-refractivity contribution in [2.24, 2.45) is 0 Å². The van der Waals surface area contributed by atoms with Crippen LogP contribution in [0.25, 0.3) is 10.1 Å². The van der Waals surface area contributed by atoms with E-state index in [0.717, 1.165) is 20.1 Å². The first-order valence-electron chi connectivity index (χ1n) is 3.80. The Morgan fingerprint density at radius 2 is 2.23 bits per heavy atom. The Morgan fingerprint density at radius 1 is 1.46 bits per heavy atom. The Labute approximate surface area is 88.1 Å². The highest BCUT2D eigenvalue weighted by Crippen LogP contribution is 2.37. The Bertz CT molecular complexity index is 452. The lowest BCUT2D eigenvalue weighted by molar-refractivity contribution is 0.284. The second kappa shape index (κ2) is 3.29. The molecule has 2 rings (SSSR count). The van der Waals surface area contributed by atoms with Gasteiger partial charge in [-0.25, -0.2) is 0 Å². The van der Waals surface area contributed by atoms with Gasteiger partial charge in [0.05, 0.1) is 16.3 Å². The van der Waals surface area contributed by atoms with Crippen LogP contribution >= 0.6 is 27.3 Å². The summed E-state index contributed by atoms with van der Waals surface area (Å²) >= 11 is 4.95. The van der Waals surface area contributed by atoms with E-state index in [1.54, 1.807) is 0 Å². The molecule has 2 aromatic rings. The van der Waals surface area contributed by atoms with Gasteiger partial charge in [-0.05, 0) is 22.0 Å². The number of nitrogen functional groups attached to an aromatic ring is 1. The van der Waals surface area contributed by atoms with Crippen molar-refractivity contribution in [2.75, 3.05) is 5.73 Å². The molecule has 0 fully saturated rings. The van der Waals surface area contributed by atoms with Gasteiger partial charge < -0.3 is 10.8 Å². The average molecular weight is 258 g/mol. The smallest absolute Gasteiger partial charge is 0.0925 e. The van der Waals surface area contributed by atoms with Gasteiger partial charge in [-0.2, -0.15) is 0 Å². The summed E-state index contributed by atoms with van der Waals surface area (Å²) in [6.07, 6.45) is 0. The summed E-state index contributed by atoms with van der Waals surface area (Å²) in [7, 11) is 0. The maximum atomic E-state index is 9.11. The van der Waals surface area contributed by atoms with Gasteiger partial charge in [0.15, 0.2) is 0 Å². The Kier molecular flexibility index (Phi) is 2.27. The van der Waals surface area contributed by atoms with E-state index in [2.05, 4.69) is 15.9 Å². The third-order valence-corrected chi connectivity index (χ3v) is 3.99. The van der Waals surface area contributed by atoms with E-state index in [1.807, 2.05) is 18.2 Å². The van der Waals surface area contributed by atoms with Crippen molar-refractivity contribution >= 4 is 42.4 Å². The lowest BCUT2D eigenvalue weighted by Gasteiger charge is -1.95. The van der Waals surface area contributed by atoms with Gasteiger partial charge in [0.2, 0.25) is 0 Å². The largest absolute Gasteiger partial charge is 0.392 e. The van der Waals surface area contributed by atoms with Crippen LogP contribution in [0.4, 0.5) is 5.00 Å². The summed E-state index contributed by atoms with van der Waals surface area (Å²) in [5, 5.41) is 10.8. The van der Waals surface area contributed by atoms with Crippen LogP contribution < -0.4 is 5.73 Å². The maximum Gasteiger partial charge on any atom is 0.0925 e. The number of thiophene rings is 1. The highest BCUT2D eigenvalue weighted by Gasteiger charge is 2.09. The zero-order chi connectivity index (χ0) is 9.42. The number of nitrogens with two attached hydrogens (primary N) is 1. The highest BCUT2D eigenvalue weighted by atomic mass is 79.9. The van der Waals surface area contributed by atoms with Gasteiger partial charge in [0, 0.05) is 15.4 Å². The molecule has 2 nitrogen and oxygen atoms in total. The molecular formula is C9H8BrNOS. The summed E-state index contributed by atoms with van der Waals surface area (Å²) in [6.45, 7) is 0.00227. The molecule has 0 atom stereocenters. The number of hydrogen-bond acceptors (Lipinski definition) is 3. The molecule has 0 saturated heterocycles. The molecule has 0 aliphatic carbocycles. The standard InChI is InChI=1S/C9H8BrNOS/c10-7-3-1-2-5-6(4-12)9(11)13-8(5)7/h1-3,12H,4,11H2. The van der Waals surface area contributed by atoms with Gasteiger partial charge in [-0.1, -0.05) is 12.1 Å². The van der Waals surface area contributed by atoms with Crippen molar-refractivity contribution in [3.63, 3.8) is 0 Å². The van der Waals surface area contributed by atoms with E-state index in [0.29, 0.717) is 5.00 Å². The quantitative estimate of drug-likeness (QED) is 0.826. The van der Waals surface area contributed by atoms with Crippen molar-refractivity contribution in [1.29, 1.82) is 0 Å². The lowest BCUT2D eigenvalue weighted by atomic mass is 10.2. The molecule has 0 amide bonds. The molecular weight excluding hydrogens is 250 g/mol. The molecule has 3 N–H and O–H groups in total. The monoisotopic (exact) mass is 257 g/mol. The fourth-order valence-corrected chi connectivity index (χ4v) is 2.91. The fraction of sp³-hybridized carbons (Fsp3) is 0.111. The van der Waals surface area contributed by atoms with E-state index >= 15 is 0 Å². The number of fused-ring (bicyclic) bond motifs is 1. The van der Waals surface area contributed by atoms with Crippen LogP contribution in [0.3, 0.4) is 0 Å². The van der Waals surface area contributed by atoms with E-state index in [1.165, 1.54) is 11.3 Å². The first kappa shape index (κ1) is 8.99. The maximum absolute atomic E-state index is 9.11. The molecule has 0 saturated carbocycles. The molecule has 0 spiro atoms. The molecule has 4 heteroatoms. The van der Waals surface area contributed by atoms with E-state index in [-0.39, 0.29) is 6.61 Å². The summed E-state index contributed by atoms with van der Waals surface area (Å²) in [6, 6.07) is 5.88. The van der Waals surface area contributed by atoms with E-state index < -0.39 is 0 Å². The minimum atomic E-state index is 0.00227. The van der Waals surface area contributed by atoms with Crippen LogP contribution in [0.1, 0.15) is 5.56 Å². The number of rotatable bonds is 1. The minimum absolute atomic E-state index is 0.00227. The Balaban J connectivity index is 2.86. The number of benzene rings is 1. The van der Waals surface area contributed by atoms with Gasteiger partial charge >= 0.3 is 0 Å². The number of aliphatic hydroxyl groups excluding tert-OH is 1. The molecule has 1 heterocycles. The van der Waals surface area contributed by atoms with Crippen molar-refractivity contribution in [3.8, 4) is 0 Å². The van der Waals surface area contributed by atoms with Crippen LogP contribution in [0, 0.1) is 0 Å². The molecule has 0 unspecified atom stereocenters. The van der Waals surface area contributed by atoms with Crippen LogP contribution in [0.15, 0.2) is 22.7 Å². The summed E-state index contributed by atoms with van der Waals surface area (Å²) in [5.41, 5.74) is 6.60. The number of halogens is 1. The molecule has 0 bridgehead atoms. The molecule has 1 aromatic heterocycles. The predicted octanol–water partition coefficient (Wildman–Crippen LogP) is 2.74. The summed E-state index contributed by atoms with van der Waals surface area (Å²) < 4.78 is 2.13. The molecule has 68 valence electrons. The van der Waals surface area contributed by atoms with Crippen LogP contribution in [-0.4, -0.2) is 5.11 Å². The predicted molar refractivity (Wildman–Crippen MR) is 59.9 cm³/mol.